The average molecular weight is 432 g/mol. The van der Waals surface area contributed by atoms with E-state index in [9.17, 15) is 4.79 Å². The molecule has 1 saturated carbocycles. The summed E-state index contributed by atoms with van der Waals surface area (Å²) in [6.07, 6.45) is 5.85. The molecule has 3 heterocycles. The van der Waals surface area contributed by atoms with Crippen molar-refractivity contribution in [3.63, 3.8) is 0 Å². The predicted molar refractivity (Wildman–Crippen MR) is 112 cm³/mol. The maximum absolute atomic E-state index is 12.2. The Balaban J connectivity index is 1.54. The molecule has 0 spiro atoms. The fraction of sp³-hybridized carbons (Fsp3) is 0.526. The number of nitrogens with zero attached hydrogens (tertiary/aromatic N) is 5. The van der Waals surface area contributed by atoms with Gasteiger partial charge in [0.25, 0.3) is 0 Å². The highest BCUT2D eigenvalue weighted by Gasteiger charge is 2.25. The molecule has 160 valence electrons. The fourth-order valence-corrected chi connectivity index (χ4v) is 4.57. The van der Waals surface area contributed by atoms with Crippen LogP contribution in [0.4, 0.5) is 5.82 Å². The van der Waals surface area contributed by atoms with Crippen LogP contribution in [-0.4, -0.2) is 37.4 Å². The Bertz CT molecular complexity index is 1070. The molecule has 0 aliphatic heterocycles. The summed E-state index contributed by atoms with van der Waals surface area (Å²) in [4.78, 5) is 21.0. The van der Waals surface area contributed by atoms with Crippen LogP contribution in [0.15, 0.2) is 9.57 Å². The lowest BCUT2D eigenvalue weighted by molar-refractivity contribution is 0.0526. The number of fused-ring (bicyclic) bond motifs is 1. The monoisotopic (exact) mass is 431 g/mol. The Morgan fingerprint density at radius 1 is 1.27 bits per heavy atom. The van der Waals surface area contributed by atoms with Crippen molar-refractivity contribution in [1.82, 2.24) is 24.8 Å². The van der Waals surface area contributed by atoms with E-state index in [1.807, 2.05) is 0 Å². The summed E-state index contributed by atoms with van der Waals surface area (Å²) >= 11 is 1.38. The van der Waals surface area contributed by atoms with Crippen LogP contribution >= 0.6 is 11.8 Å². The number of ether oxygens (including phenoxy) is 1. The molecule has 10 nitrogen and oxygen atoms in total. The SMILES string of the molecule is CCOC(=O)c1c(C)oc2nc(CSc3nnc(C4CCCCC4)n3N)nc(N)c12. The summed E-state index contributed by atoms with van der Waals surface area (Å²) in [6, 6.07) is 0. The Labute approximate surface area is 177 Å². The van der Waals surface area contributed by atoms with E-state index in [0.717, 1.165) is 18.7 Å². The number of esters is 1. The van der Waals surface area contributed by atoms with E-state index in [2.05, 4.69) is 20.2 Å². The standard InChI is InChI=1S/C19H25N7O3S/c1-3-28-18(27)13-10(2)29-17-14(13)15(20)22-12(23-17)9-30-19-25-24-16(26(19)21)11-7-5-4-6-8-11/h11H,3-9,21H2,1-2H3,(H2,20,22,23). The fourth-order valence-electron chi connectivity index (χ4n) is 3.85. The molecule has 0 saturated heterocycles. The normalized spacial score (nSPS) is 15.0. The molecule has 1 aliphatic rings. The highest BCUT2D eigenvalue weighted by Crippen LogP contribution is 2.33. The summed E-state index contributed by atoms with van der Waals surface area (Å²) in [5.74, 6) is 8.34. The molecular formula is C19H25N7O3S. The third-order valence-corrected chi connectivity index (χ3v) is 6.21. The Morgan fingerprint density at radius 2 is 2.03 bits per heavy atom. The quantitative estimate of drug-likeness (QED) is 0.339. The molecule has 1 fully saturated rings. The van der Waals surface area contributed by atoms with Crippen molar-refractivity contribution in [2.24, 2.45) is 0 Å². The van der Waals surface area contributed by atoms with Crippen LogP contribution in [0.2, 0.25) is 0 Å². The summed E-state index contributed by atoms with van der Waals surface area (Å²) < 4.78 is 12.3. The lowest BCUT2D eigenvalue weighted by atomic mass is 9.89. The van der Waals surface area contributed by atoms with Crippen molar-refractivity contribution in [2.75, 3.05) is 18.2 Å². The molecule has 30 heavy (non-hydrogen) atoms. The Morgan fingerprint density at radius 3 is 2.77 bits per heavy atom. The smallest absolute Gasteiger partial charge is 0.342 e. The molecule has 4 N–H and O–H groups in total. The van der Waals surface area contributed by atoms with E-state index in [1.54, 1.807) is 18.5 Å². The summed E-state index contributed by atoms with van der Waals surface area (Å²) in [5, 5.41) is 9.51. The topological polar surface area (TPSA) is 148 Å². The second-order valence-corrected chi connectivity index (χ2v) is 8.24. The molecule has 3 aromatic rings. The number of rotatable bonds is 6. The van der Waals surface area contributed by atoms with E-state index in [-0.39, 0.29) is 23.7 Å². The number of carbonyl (C=O) groups excluding carboxylic acids is 1. The van der Waals surface area contributed by atoms with Gasteiger partial charge in [-0.25, -0.2) is 14.5 Å². The van der Waals surface area contributed by atoms with Gasteiger partial charge < -0.3 is 20.7 Å². The van der Waals surface area contributed by atoms with E-state index in [0.29, 0.717) is 33.8 Å². The van der Waals surface area contributed by atoms with Gasteiger partial charge in [-0.15, -0.1) is 10.2 Å². The minimum absolute atomic E-state index is 0.174. The van der Waals surface area contributed by atoms with E-state index >= 15 is 0 Å². The first-order chi connectivity index (χ1) is 14.5. The molecule has 0 radical (unpaired) electrons. The zero-order chi connectivity index (χ0) is 21.3. The molecule has 0 unspecified atom stereocenters. The van der Waals surface area contributed by atoms with Crippen molar-refractivity contribution in [3.8, 4) is 0 Å². The van der Waals surface area contributed by atoms with Gasteiger partial charge in [-0.3, -0.25) is 0 Å². The van der Waals surface area contributed by atoms with Crippen LogP contribution in [0.3, 0.4) is 0 Å². The van der Waals surface area contributed by atoms with Crippen molar-refractivity contribution in [3.05, 3.63) is 23.0 Å². The first-order valence-corrected chi connectivity index (χ1v) is 11.0. The second kappa shape index (κ2) is 8.50. The van der Waals surface area contributed by atoms with Crippen LogP contribution < -0.4 is 11.6 Å². The lowest BCUT2D eigenvalue weighted by Gasteiger charge is -2.20. The number of hydrogen-bond donors (Lipinski definition) is 2. The van der Waals surface area contributed by atoms with Crippen LogP contribution in [0.1, 0.15) is 72.7 Å². The van der Waals surface area contributed by atoms with E-state index in [1.165, 1.54) is 31.0 Å². The number of nitrogen functional groups attached to an aromatic ring is 2. The highest BCUT2D eigenvalue weighted by molar-refractivity contribution is 7.98. The zero-order valence-electron chi connectivity index (χ0n) is 17.1. The number of nitrogens with two attached hydrogens (primary N) is 2. The van der Waals surface area contributed by atoms with Crippen LogP contribution in [0.25, 0.3) is 11.1 Å². The molecule has 11 heteroatoms. The van der Waals surface area contributed by atoms with Gasteiger partial charge in [0, 0.05) is 5.92 Å². The van der Waals surface area contributed by atoms with Gasteiger partial charge >= 0.3 is 5.97 Å². The molecule has 3 aromatic heterocycles. The second-order valence-electron chi connectivity index (χ2n) is 7.29. The maximum atomic E-state index is 12.2. The molecule has 0 atom stereocenters. The highest BCUT2D eigenvalue weighted by atomic mass is 32.2. The number of aryl methyl sites for hydroxylation is 1. The molecule has 0 amide bonds. The van der Waals surface area contributed by atoms with Gasteiger partial charge in [0.05, 0.1) is 17.7 Å². The van der Waals surface area contributed by atoms with Crippen molar-refractivity contribution >= 4 is 34.6 Å². The average Bonchev–Trinajstić information content (AvgIpc) is 3.26. The van der Waals surface area contributed by atoms with Gasteiger partial charge in [0.15, 0.2) is 5.82 Å². The summed E-state index contributed by atoms with van der Waals surface area (Å²) in [6.45, 7) is 3.66. The van der Waals surface area contributed by atoms with E-state index in [4.69, 9.17) is 20.7 Å². The van der Waals surface area contributed by atoms with Gasteiger partial charge in [-0.2, -0.15) is 4.98 Å². The number of anilines is 1. The summed E-state index contributed by atoms with van der Waals surface area (Å²) in [7, 11) is 0. The molecule has 4 rings (SSSR count). The van der Waals surface area contributed by atoms with Gasteiger partial charge in [0.1, 0.15) is 23.0 Å². The van der Waals surface area contributed by atoms with Gasteiger partial charge in [0.2, 0.25) is 10.9 Å². The molecule has 0 aromatic carbocycles. The zero-order valence-corrected chi connectivity index (χ0v) is 17.9. The maximum Gasteiger partial charge on any atom is 0.342 e. The minimum Gasteiger partial charge on any atom is -0.462 e. The lowest BCUT2D eigenvalue weighted by Crippen LogP contribution is -2.18. The minimum atomic E-state index is -0.502. The van der Waals surface area contributed by atoms with Gasteiger partial charge in [-0.1, -0.05) is 31.0 Å². The number of thioether (sulfide) groups is 1. The number of hydrogen-bond acceptors (Lipinski definition) is 10. The first-order valence-electron chi connectivity index (χ1n) is 10.0. The Hall–Kier alpha value is -2.82. The summed E-state index contributed by atoms with van der Waals surface area (Å²) in [5.41, 5.74) is 6.65. The van der Waals surface area contributed by atoms with Crippen molar-refractivity contribution in [2.45, 2.75) is 62.8 Å². The number of carbonyl (C=O) groups is 1. The predicted octanol–water partition coefficient (Wildman–Crippen LogP) is 2.94. The van der Waals surface area contributed by atoms with Crippen molar-refractivity contribution in [1.29, 1.82) is 0 Å². The van der Waals surface area contributed by atoms with Crippen molar-refractivity contribution < 1.29 is 13.9 Å². The third kappa shape index (κ3) is 3.81. The van der Waals surface area contributed by atoms with Crippen LogP contribution in [-0.2, 0) is 10.5 Å². The van der Waals surface area contributed by atoms with Crippen LogP contribution in [0.5, 0.6) is 0 Å². The first kappa shape index (κ1) is 20.5. The number of furan rings is 1. The van der Waals surface area contributed by atoms with E-state index < -0.39 is 5.97 Å². The largest absolute Gasteiger partial charge is 0.462 e. The molecule has 0 bridgehead atoms. The molecule has 1 aliphatic carbocycles. The molecular weight excluding hydrogens is 406 g/mol. The van der Waals surface area contributed by atoms with Gasteiger partial charge in [-0.05, 0) is 26.7 Å². The third-order valence-electron chi connectivity index (χ3n) is 5.27. The number of aromatic nitrogens is 5. The van der Waals surface area contributed by atoms with Crippen LogP contribution in [0, 0.1) is 6.92 Å². The Kier molecular flexibility index (Phi) is 5.80.